The Labute approximate surface area is 103 Å². The molecule has 1 aromatic rings. The molecular weight excluding hydrogens is 212 g/mol. The van der Waals surface area contributed by atoms with Gasteiger partial charge in [-0.1, -0.05) is 19.4 Å². The smallest absolute Gasteiger partial charge is 0.0692 e. The minimum absolute atomic E-state index is 0.188. The molecule has 1 aromatic heterocycles. The number of aromatic nitrogens is 1. The molecule has 2 heterocycles. The van der Waals surface area contributed by atoms with Crippen LogP contribution >= 0.6 is 0 Å². The van der Waals surface area contributed by atoms with Crippen molar-refractivity contribution in [3.05, 3.63) is 30.1 Å². The zero-order valence-electron chi connectivity index (χ0n) is 10.5. The van der Waals surface area contributed by atoms with Crippen LogP contribution < -0.4 is 0 Å². The van der Waals surface area contributed by atoms with Crippen molar-refractivity contribution < 1.29 is 5.11 Å². The van der Waals surface area contributed by atoms with E-state index in [4.69, 9.17) is 0 Å². The van der Waals surface area contributed by atoms with Crippen molar-refractivity contribution in [2.75, 3.05) is 6.54 Å². The second-order valence-electron chi connectivity index (χ2n) is 4.87. The SMILES string of the molecule is CCC(O)C1CCCCN1Cc1cccnc1. The average Bonchev–Trinajstić information content (AvgIpc) is 2.40. The van der Waals surface area contributed by atoms with Gasteiger partial charge in [0.15, 0.2) is 0 Å². The van der Waals surface area contributed by atoms with E-state index in [0.29, 0.717) is 6.04 Å². The number of pyridine rings is 1. The van der Waals surface area contributed by atoms with Gasteiger partial charge in [0.05, 0.1) is 6.10 Å². The molecule has 1 aliphatic heterocycles. The second-order valence-corrected chi connectivity index (χ2v) is 4.87. The molecule has 17 heavy (non-hydrogen) atoms. The molecule has 1 aliphatic rings. The average molecular weight is 234 g/mol. The summed E-state index contributed by atoms with van der Waals surface area (Å²) in [6.07, 6.45) is 7.98. The van der Waals surface area contributed by atoms with E-state index in [9.17, 15) is 5.11 Å². The summed E-state index contributed by atoms with van der Waals surface area (Å²) in [7, 11) is 0. The summed E-state index contributed by atoms with van der Waals surface area (Å²) in [6, 6.07) is 4.41. The third kappa shape index (κ3) is 3.27. The summed E-state index contributed by atoms with van der Waals surface area (Å²) in [6.45, 7) is 4.06. The third-order valence-electron chi connectivity index (χ3n) is 3.64. The van der Waals surface area contributed by atoms with Crippen LogP contribution in [-0.2, 0) is 6.54 Å². The summed E-state index contributed by atoms with van der Waals surface area (Å²) in [4.78, 5) is 6.56. The van der Waals surface area contributed by atoms with E-state index in [1.165, 1.54) is 18.4 Å². The Morgan fingerprint density at radius 2 is 2.41 bits per heavy atom. The first kappa shape index (κ1) is 12.5. The van der Waals surface area contributed by atoms with Crippen molar-refractivity contribution in [1.29, 1.82) is 0 Å². The van der Waals surface area contributed by atoms with Crippen LogP contribution in [0.25, 0.3) is 0 Å². The lowest BCUT2D eigenvalue weighted by atomic mass is 9.95. The number of hydrogen-bond acceptors (Lipinski definition) is 3. The quantitative estimate of drug-likeness (QED) is 0.867. The van der Waals surface area contributed by atoms with Crippen LogP contribution in [0.5, 0.6) is 0 Å². The maximum Gasteiger partial charge on any atom is 0.0692 e. The highest BCUT2D eigenvalue weighted by Crippen LogP contribution is 2.23. The van der Waals surface area contributed by atoms with Gasteiger partial charge >= 0.3 is 0 Å². The second kappa shape index (κ2) is 6.12. The van der Waals surface area contributed by atoms with Gasteiger partial charge in [0, 0.05) is 25.0 Å². The van der Waals surface area contributed by atoms with E-state index >= 15 is 0 Å². The van der Waals surface area contributed by atoms with Crippen molar-refractivity contribution in [2.24, 2.45) is 0 Å². The Bertz CT molecular complexity index is 328. The van der Waals surface area contributed by atoms with Gasteiger partial charge in [-0.15, -0.1) is 0 Å². The molecule has 2 rings (SSSR count). The fraction of sp³-hybridized carbons (Fsp3) is 0.643. The topological polar surface area (TPSA) is 36.4 Å². The minimum atomic E-state index is -0.188. The molecule has 3 heteroatoms. The number of likely N-dealkylation sites (tertiary alicyclic amines) is 1. The number of aliphatic hydroxyl groups is 1. The largest absolute Gasteiger partial charge is 0.392 e. The molecule has 1 saturated heterocycles. The molecule has 0 spiro atoms. The van der Waals surface area contributed by atoms with Crippen LogP contribution in [0, 0.1) is 0 Å². The van der Waals surface area contributed by atoms with Crippen LogP contribution in [-0.4, -0.2) is 33.7 Å². The molecule has 94 valence electrons. The standard InChI is InChI=1S/C14H22N2O/c1-2-14(17)13-7-3-4-9-16(13)11-12-6-5-8-15-10-12/h5-6,8,10,13-14,17H,2-4,7,9,11H2,1H3. The Morgan fingerprint density at radius 3 is 3.12 bits per heavy atom. The molecule has 2 atom stereocenters. The van der Waals surface area contributed by atoms with E-state index in [1.54, 1.807) is 6.20 Å². The summed E-state index contributed by atoms with van der Waals surface area (Å²) in [5, 5.41) is 10.1. The fourth-order valence-corrected chi connectivity index (χ4v) is 2.65. The van der Waals surface area contributed by atoms with Crippen molar-refractivity contribution in [3.63, 3.8) is 0 Å². The highest BCUT2D eigenvalue weighted by molar-refractivity contribution is 5.08. The first-order chi connectivity index (χ1) is 8.31. The van der Waals surface area contributed by atoms with Crippen molar-refractivity contribution in [1.82, 2.24) is 9.88 Å². The molecule has 2 unspecified atom stereocenters. The Morgan fingerprint density at radius 1 is 1.53 bits per heavy atom. The first-order valence-corrected chi connectivity index (χ1v) is 6.62. The summed E-state index contributed by atoms with van der Waals surface area (Å²) in [5.41, 5.74) is 1.24. The summed E-state index contributed by atoms with van der Waals surface area (Å²) >= 11 is 0. The van der Waals surface area contributed by atoms with E-state index in [0.717, 1.165) is 25.9 Å². The lowest BCUT2D eigenvalue weighted by Crippen LogP contribution is -2.46. The van der Waals surface area contributed by atoms with Crippen LogP contribution in [0.15, 0.2) is 24.5 Å². The van der Waals surface area contributed by atoms with E-state index in [-0.39, 0.29) is 6.10 Å². The summed E-state index contributed by atoms with van der Waals surface area (Å²) in [5.74, 6) is 0. The highest BCUT2D eigenvalue weighted by atomic mass is 16.3. The Balaban J connectivity index is 2.01. The molecule has 0 radical (unpaired) electrons. The zero-order valence-corrected chi connectivity index (χ0v) is 10.5. The van der Waals surface area contributed by atoms with E-state index in [1.807, 2.05) is 12.3 Å². The first-order valence-electron chi connectivity index (χ1n) is 6.62. The number of piperidine rings is 1. The van der Waals surface area contributed by atoms with Gasteiger partial charge in [0.1, 0.15) is 0 Å². The van der Waals surface area contributed by atoms with Gasteiger partial charge < -0.3 is 5.11 Å². The highest BCUT2D eigenvalue weighted by Gasteiger charge is 2.27. The lowest BCUT2D eigenvalue weighted by Gasteiger charge is -2.38. The normalized spacial score (nSPS) is 23.5. The third-order valence-corrected chi connectivity index (χ3v) is 3.64. The Hall–Kier alpha value is -0.930. The van der Waals surface area contributed by atoms with Gasteiger partial charge in [0.25, 0.3) is 0 Å². The van der Waals surface area contributed by atoms with Gasteiger partial charge in [-0.2, -0.15) is 0 Å². The molecule has 0 saturated carbocycles. The lowest BCUT2D eigenvalue weighted by molar-refractivity contribution is 0.0195. The van der Waals surface area contributed by atoms with Crippen molar-refractivity contribution in [2.45, 2.75) is 51.3 Å². The molecule has 1 fully saturated rings. The molecular formula is C14H22N2O. The van der Waals surface area contributed by atoms with Gasteiger partial charge in [-0.25, -0.2) is 0 Å². The molecule has 0 aliphatic carbocycles. The number of nitrogens with zero attached hydrogens (tertiary/aromatic N) is 2. The van der Waals surface area contributed by atoms with Crippen molar-refractivity contribution in [3.8, 4) is 0 Å². The maximum absolute atomic E-state index is 10.1. The van der Waals surface area contributed by atoms with Gasteiger partial charge in [-0.05, 0) is 37.4 Å². The zero-order chi connectivity index (χ0) is 12.1. The van der Waals surface area contributed by atoms with Crippen LogP contribution in [0.2, 0.25) is 0 Å². The van der Waals surface area contributed by atoms with Crippen molar-refractivity contribution >= 4 is 0 Å². The molecule has 0 amide bonds. The minimum Gasteiger partial charge on any atom is -0.392 e. The molecule has 1 N–H and O–H groups in total. The number of hydrogen-bond donors (Lipinski definition) is 1. The number of rotatable bonds is 4. The van der Waals surface area contributed by atoms with Gasteiger partial charge in [-0.3, -0.25) is 9.88 Å². The number of aliphatic hydroxyl groups excluding tert-OH is 1. The van der Waals surface area contributed by atoms with Crippen LogP contribution in [0.4, 0.5) is 0 Å². The predicted molar refractivity (Wildman–Crippen MR) is 68.6 cm³/mol. The van der Waals surface area contributed by atoms with Crippen LogP contribution in [0.1, 0.15) is 38.2 Å². The van der Waals surface area contributed by atoms with Gasteiger partial charge in [0.2, 0.25) is 0 Å². The maximum atomic E-state index is 10.1. The predicted octanol–water partition coefficient (Wildman–Crippen LogP) is 2.21. The Kier molecular flexibility index (Phi) is 4.51. The van der Waals surface area contributed by atoms with Crippen LogP contribution in [0.3, 0.4) is 0 Å². The van der Waals surface area contributed by atoms with E-state index < -0.39 is 0 Å². The monoisotopic (exact) mass is 234 g/mol. The molecule has 3 nitrogen and oxygen atoms in total. The fourth-order valence-electron chi connectivity index (χ4n) is 2.65. The molecule has 0 aromatic carbocycles. The van der Waals surface area contributed by atoms with E-state index in [2.05, 4.69) is 22.9 Å². The summed E-state index contributed by atoms with van der Waals surface area (Å²) < 4.78 is 0. The molecule has 0 bridgehead atoms.